The molecule has 6 heteroatoms. The third kappa shape index (κ3) is 4.96. The molecule has 0 saturated carbocycles. The van der Waals surface area contributed by atoms with Gasteiger partial charge in [-0.3, -0.25) is 9.59 Å². The van der Waals surface area contributed by atoms with E-state index in [1.807, 2.05) is 24.3 Å². The Balaban J connectivity index is 1.68. The second-order valence-corrected chi connectivity index (χ2v) is 8.87. The normalized spacial score (nSPS) is 18.1. The average Bonchev–Trinajstić information content (AvgIpc) is 2.84. The van der Waals surface area contributed by atoms with Crippen LogP contribution in [0.15, 0.2) is 72.8 Å². The van der Waals surface area contributed by atoms with Crippen LogP contribution >= 0.6 is 0 Å². The molecule has 0 aliphatic carbocycles. The van der Waals surface area contributed by atoms with E-state index in [-0.39, 0.29) is 24.1 Å². The average molecular weight is 461 g/mol. The van der Waals surface area contributed by atoms with Crippen LogP contribution in [0.25, 0.3) is 0 Å². The van der Waals surface area contributed by atoms with E-state index in [0.717, 1.165) is 0 Å². The van der Waals surface area contributed by atoms with Crippen LogP contribution in [0.2, 0.25) is 0 Å². The smallest absolute Gasteiger partial charge is 0.229 e. The number of methoxy groups -OCH3 is 1. The van der Waals surface area contributed by atoms with Gasteiger partial charge < -0.3 is 15.0 Å². The van der Waals surface area contributed by atoms with Crippen LogP contribution in [0.3, 0.4) is 0 Å². The Morgan fingerprint density at radius 3 is 2.24 bits per heavy atom. The van der Waals surface area contributed by atoms with Crippen molar-refractivity contribution in [2.75, 3.05) is 17.3 Å². The van der Waals surface area contributed by atoms with Crippen molar-refractivity contribution in [1.29, 1.82) is 0 Å². The Bertz CT molecular complexity index is 1140. The summed E-state index contributed by atoms with van der Waals surface area (Å²) in [5, 5.41) is 3.02. The molecule has 0 aromatic heterocycles. The second-order valence-electron chi connectivity index (χ2n) is 8.87. The quantitative estimate of drug-likeness (QED) is 0.485. The lowest BCUT2D eigenvalue weighted by molar-refractivity contribution is -0.125. The molecular weight excluding hydrogens is 431 g/mol. The van der Waals surface area contributed by atoms with Gasteiger partial charge in [-0.1, -0.05) is 38.1 Å². The molecule has 4 rings (SSSR count). The van der Waals surface area contributed by atoms with E-state index in [0.29, 0.717) is 35.0 Å². The molecule has 3 aromatic rings. The van der Waals surface area contributed by atoms with E-state index in [2.05, 4.69) is 19.2 Å². The first-order valence-electron chi connectivity index (χ1n) is 11.5. The van der Waals surface area contributed by atoms with Crippen LogP contribution in [0.5, 0.6) is 5.75 Å². The Kier molecular flexibility index (Phi) is 6.96. The maximum Gasteiger partial charge on any atom is 0.229 e. The van der Waals surface area contributed by atoms with Crippen molar-refractivity contribution in [3.63, 3.8) is 0 Å². The topological polar surface area (TPSA) is 58.6 Å². The van der Waals surface area contributed by atoms with Gasteiger partial charge in [0, 0.05) is 17.8 Å². The van der Waals surface area contributed by atoms with Crippen molar-refractivity contribution in [2.45, 2.75) is 38.6 Å². The van der Waals surface area contributed by atoms with E-state index >= 15 is 0 Å². The molecule has 0 bridgehead atoms. The van der Waals surface area contributed by atoms with Crippen molar-refractivity contribution in [2.24, 2.45) is 5.92 Å². The maximum absolute atomic E-state index is 13.7. The molecule has 5 nitrogen and oxygen atoms in total. The second kappa shape index (κ2) is 10.1. The van der Waals surface area contributed by atoms with Gasteiger partial charge in [0.15, 0.2) is 0 Å². The zero-order chi connectivity index (χ0) is 24.2. The summed E-state index contributed by atoms with van der Waals surface area (Å²) in [6.45, 7) is 4.24. The van der Waals surface area contributed by atoms with Gasteiger partial charge in [-0.15, -0.1) is 0 Å². The number of halogens is 1. The first-order chi connectivity index (χ1) is 16.4. The molecule has 1 N–H and O–H groups in total. The molecule has 1 aliphatic rings. The Labute approximate surface area is 199 Å². The van der Waals surface area contributed by atoms with Gasteiger partial charge in [0.25, 0.3) is 0 Å². The van der Waals surface area contributed by atoms with Crippen LogP contribution in [-0.2, 0) is 9.59 Å². The van der Waals surface area contributed by atoms with Gasteiger partial charge in [-0.25, -0.2) is 4.39 Å². The highest BCUT2D eigenvalue weighted by atomic mass is 19.1. The molecule has 2 atom stereocenters. The number of carbonyl (C=O) groups is 2. The monoisotopic (exact) mass is 460 g/mol. The number of piperidine rings is 1. The minimum absolute atomic E-state index is 0.0789. The SMILES string of the molecule is COc1ccc(N2C(=O)CC[C@@H](C(=O)Nc3ccc(C(C)C)cc3)[C@@H]2c2ccc(F)cc2)cc1. The van der Waals surface area contributed by atoms with Gasteiger partial charge in [0.1, 0.15) is 11.6 Å². The third-order valence-corrected chi connectivity index (χ3v) is 6.34. The fraction of sp³-hybridized carbons (Fsp3) is 0.286. The molecular formula is C28H29FN2O3. The number of nitrogens with zero attached hydrogens (tertiary/aromatic N) is 1. The fourth-order valence-electron chi connectivity index (χ4n) is 4.44. The van der Waals surface area contributed by atoms with Crippen molar-refractivity contribution in [3.8, 4) is 5.75 Å². The molecule has 1 aliphatic heterocycles. The first kappa shape index (κ1) is 23.5. The summed E-state index contributed by atoms with van der Waals surface area (Å²) < 4.78 is 18.9. The number of hydrogen-bond acceptors (Lipinski definition) is 3. The predicted octanol–water partition coefficient (Wildman–Crippen LogP) is 6.08. The number of ether oxygens (including phenoxy) is 1. The maximum atomic E-state index is 13.7. The Morgan fingerprint density at radius 1 is 1.00 bits per heavy atom. The van der Waals surface area contributed by atoms with Gasteiger partial charge in [0.05, 0.1) is 19.1 Å². The molecule has 1 fully saturated rings. The molecule has 0 radical (unpaired) electrons. The fourth-order valence-corrected chi connectivity index (χ4v) is 4.44. The molecule has 1 heterocycles. The minimum Gasteiger partial charge on any atom is -0.497 e. The molecule has 3 aromatic carbocycles. The number of hydrogen-bond donors (Lipinski definition) is 1. The van der Waals surface area contributed by atoms with Gasteiger partial charge in [-0.05, 0) is 72.0 Å². The van der Waals surface area contributed by atoms with Gasteiger partial charge in [0.2, 0.25) is 11.8 Å². The highest BCUT2D eigenvalue weighted by molar-refractivity contribution is 6.00. The standard InChI is InChI=1S/C28H29FN2O3/c1-18(2)19-6-10-22(11-7-19)30-28(33)25-16-17-26(32)31(23-12-14-24(34-3)15-13-23)27(25)20-4-8-21(29)9-5-20/h4-15,18,25,27H,16-17H2,1-3H3,(H,30,33)/t25-,27+/m1/s1. The van der Waals surface area contributed by atoms with Crippen LogP contribution in [-0.4, -0.2) is 18.9 Å². The summed E-state index contributed by atoms with van der Waals surface area (Å²) >= 11 is 0. The summed E-state index contributed by atoms with van der Waals surface area (Å²) in [5.41, 5.74) is 3.27. The molecule has 0 spiro atoms. The van der Waals surface area contributed by atoms with Crippen molar-refractivity contribution in [1.82, 2.24) is 0 Å². The summed E-state index contributed by atoms with van der Waals surface area (Å²) in [5.74, 6) is -0.0497. The van der Waals surface area contributed by atoms with Gasteiger partial charge >= 0.3 is 0 Å². The molecule has 34 heavy (non-hydrogen) atoms. The van der Waals surface area contributed by atoms with E-state index < -0.39 is 12.0 Å². The van der Waals surface area contributed by atoms with Crippen LogP contribution in [0, 0.1) is 11.7 Å². The number of amides is 2. The number of benzene rings is 3. The van der Waals surface area contributed by atoms with E-state index in [9.17, 15) is 14.0 Å². The first-order valence-corrected chi connectivity index (χ1v) is 11.5. The molecule has 1 saturated heterocycles. The third-order valence-electron chi connectivity index (χ3n) is 6.34. The number of anilines is 2. The largest absolute Gasteiger partial charge is 0.497 e. The van der Waals surface area contributed by atoms with Crippen LogP contribution in [0.4, 0.5) is 15.8 Å². The van der Waals surface area contributed by atoms with Crippen molar-refractivity contribution in [3.05, 3.63) is 89.7 Å². The van der Waals surface area contributed by atoms with E-state index in [4.69, 9.17) is 4.74 Å². The Morgan fingerprint density at radius 2 is 1.65 bits per heavy atom. The zero-order valence-corrected chi connectivity index (χ0v) is 19.6. The van der Waals surface area contributed by atoms with Crippen LogP contribution < -0.4 is 15.0 Å². The Hall–Kier alpha value is -3.67. The summed E-state index contributed by atoms with van der Waals surface area (Å²) in [4.78, 5) is 28.2. The lowest BCUT2D eigenvalue weighted by atomic mass is 9.83. The predicted molar refractivity (Wildman–Crippen MR) is 132 cm³/mol. The lowest BCUT2D eigenvalue weighted by Crippen LogP contribution is -2.47. The highest BCUT2D eigenvalue weighted by Crippen LogP contribution is 2.41. The summed E-state index contributed by atoms with van der Waals surface area (Å²) in [6, 6.07) is 20.4. The lowest BCUT2D eigenvalue weighted by Gasteiger charge is -2.41. The zero-order valence-electron chi connectivity index (χ0n) is 19.6. The van der Waals surface area contributed by atoms with Gasteiger partial charge in [-0.2, -0.15) is 0 Å². The van der Waals surface area contributed by atoms with Crippen molar-refractivity contribution >= 4 is 23.2 Å². The molecule has 0 unspecified atom stereocenters. The molecule has 2 amide bonds. The van der Waals surface area contributed by atoms with E-state index in [1.54, 1.807) is 48.4 Å². The van der Waals surface area contributed by atoms with Crippen molar-refractivity contribution < 1.29 is 18.7 Å². The summed E-state index contributed by atoms with van der Waals surface area (Å²) in [6.07, 6.45) is 0.650. The van der Waals surface area contributed by atoms with Crippen LogP contribution in [0.1, 0.15) is 49.8 Å². The minimum atomic E-state index is -0.565. The van der Waals surface area contributed by atoms with E-state index in [1.165, 1.54) is 17.7 Å². The highest BCUT2D eigenvalue weighted by Gasteiger charge is 2.41. The molecule has 176 valence electrons. The number of carbonyl (C=O) groups excluding carboxylic acids is 2. The number of nitrogens with one attached hydrogen (secondary N) is 1. The number of rotatable bonds is 6. The summed E-state index contributed by atoms with van der Waals surface area (Å²) in [7, 11) is 1.58.